The predicted molar refractivity (Wildman–Crippen MR) is 97.6 cm³/mol. The summed E-state index contributed by atoms with van der Waals surface area (Å²) in [6.45, 7) is 5.80. The number of carbonyl (C=O) groups excluding carboxylic acids is 2. The summed E-state index contributed by atoms with van der Waals surface area (Å²) in [5, 5.41) is 6.57. The first-order chi connectivity index (χ1) is 13.9. The smallest absolute Gasteiger partial charge is 0.272 e. The summed E-state index contributed by atoms with van der Waals surface area (Å²) in [4.78, 5) is 34.8. The second kappa shape index (κ2) is 8.66. The minimum Gasteiger partial charge on any atom is -0.374 e. The molecule has 1 saturated heterocycles. The molecule has 0 aromatic heterocycles. The molecule has 2 aliphatic rings. The van der Waals surface area contributed by atoms with Crippen LogP contribution in [0.2, 0.25) is 0 Å². The number of oxime groups is 1. The van der Waals surface area contributed by atoms with E-state index in [1.54, 1.807) is 6.92 Å². The second-order valence-electron chi connectivity index (χ2n) is 6.69. The first-order valence-electron chi connectivity index (χ1n) is 9.06. The van der Waals surface area contributed by atoms with E-state index in [2.05, 4.69) is 22.5 Å². The fourth-order valence-electron chi connectivity index (χ4n) is 3.08. The number of benzene rings is 1. The van der Waals surface area contributed by atoms with Crippen molar-refractivity contribution in [3.8, 4) is 0 Å². The second-order valence-corrected chi connectivity index (χ2v) is 6.69. The maximum absolute atomic E-state index is 13.5. The summed E-state index contributed by atoms with van der Waals surface area (Å²) in [6.07, 6.45) is 0.732. The summed E-state index contributed by atoms with van der Waals surface area (Å²) in [6, 6.07) is 2.52. The number of amides is 2. The molecule has 0 spiro atoms. The highest BCUT2D eigenvalue weighted by Gasteiger charge is 2.46. The molecule has 2 aliphatic heterocycles. The Morgan fingerprint density at radius 3 is 2.76 bits per heavy atom. The lowest BCUT2D eigenvalue weighted by Gasteiger charge is -2.23. The van der Waals surface area contributed by atoms with Crippen molar-refractivity contribution in [3.63, 3.8) is 0 Å². The van der Waals surface area contributed by atoms with Crippen LogP contribution in [0, 0.1) is 11.6 Å². The van der Waals surface area contributed by atoms with Gasteiger partial charge in [0.1, 0.15) is 17.7 Å². The third kappa shape index (κ3) is 4.60. The molecule has 2 heterocycles. The molecule has 1 aromatic carbocycles. The zero-order valence-corrected chi connectivity index (χ0v) is 15.7. The first-order valence-corrected chi connectivity index (χ1v) is 9.06. The SMILES string of the molecule is C=C[C@]1(C(=O)N[C@@H]2CO[C@H](C(=O)NOCC)C2)CC(c2cc(F)cc(F)c2)=NO1. The van der Waals surface area contributed by atoms with E-state index in [1.807, 2.05) is 0 Å². The maximum Gasteiger partial charge on any atom is 0.272 e. The summed E-state index contributed by atoms with van der Waals surface area (Å²) < 4.78 is 32.3. The molecule has 156 valence electrons. The van der Waals surface area contributed by atoms with Gasteiger partial charge >= 0.3 is 0 Å². The van der Waals surface area contributed by atoms with E-state index in [-0.39, 0.29) is 30.7 Å². The van der Waals surface area contributed by atoms with Gasteiger partial charge < -0.3 is 14.9 Å². The highest BCUT2D eigenvalue weighted by atomic mass is 19.1. The molecule has 8 nitrogen and oxygen atoms in total. The monoisotopic (exact) mass is 409 g/mol. The molecule has 1 fully saturated rings. The molecule has 10 heteroatoms. The Kier molecular flexibility index (Phi) is 6.23. The molecule has 0 radical (unpaired) electrons. The van der Waals surface area contributed by atoms with Crippen LogP contribution in [0.4, 0.5) is 8.78 Å². The first kappa shape index (κ1) is 20.9. The highest BCUT2D eigenvalue weighted by molar-refractivity contribution is 6.06. The molecule has 2 amide bonds. The van der Waals surface area contributed by atoms with Gasteiger partial charge in [0.15, 0.2) is 0 Å². The van der Waals surface area contributed by atoms with Crippen molar-refractivity contribution in [2.45, 2.75) is 37.5 Å². The topological polar surface area (TPSA) is 98.2 Å². The largest absolute Gasteiger partial charge is 0.374 e. The van der Waals surface area contributed by atoms with E-state index in [9.17, 15) is 18.4 Å². The van der Waals surface area contributed by atoms with E-state index in [4.69, 9.17) is 14.4 Å². The highest BCUT2D eigenvalue weighted by Crippen LogP contribution is 2.29. The molecule has 0 saturated carbocycles. The number of halogens is 2. The zero-order chi connectivity index (χ0) is 21.0. The van der Waals surface area contributed by atoms with Crippen LogP contribution in [0.5, 0.6) is 0 Å². The number of hydroxylamine groups is 1. The quantitative estimate of drug-likeness (QED) is 0.523. The van der Waals surface area contributed by atoms with E-state index >= 15 is 0 Å². The molecule has 3 rings (SSSR count). The number of rotatable bonds is 7. The lowest BCUT2D eigenvalue weighted by molar-refractivity contribution is -0.142. The Hall–Kier alpha value is -2.85. The Bertz CT molecular complexity index is 827. The Balaban J connectivity index is 1.62. The van der Waals surface area contributed by atoms with Crippen molar-refractivity contribution in [2.24, 2.45) is 5.16 Å². The molecule has 1 aromatic rings. The average molecular weight is 409 g/mol. The fourth-order valence-corrected chi connectivity index (χ4v) is 3.08. The molecule has 0 aliphatic carbocycles. The number of carbonyl (C=O) groups is 2. The number of ether oxygens (including phenoxy) is 1. The van der Waals surface area contributed by atoms with Gasteiger partial charge in [-0.1, -0.05) is 11.7 Å². The van der Waals surface area contributed by atoms with Crippen LogP contribution < -0.4 is 10.8 Å². The van der Waals surface area contributed by atoms with E-state index in [0.717, 1.165) is 18.2 Å². The van der Waals surface area contributed by atoms with E-state index in [0.29, 0.717) is 6.61 Å². The number of hydrogen-bond donors (Lipinski definition) is 2. The van der Waals surface area contributed by atoms with Gasteiger partial charge in [-0.3, -0.25) is 14.4 Å². The van der Waals surface area contributed by atoms with Gasteiger partial charge in [-0.25, -0.2) is 14.3 Å². The molecule has 3 atom stereocenters. The van der Waals surface area contributed by atoms with E-state index < -0.39 is 41.2 Å². The van der Waals surface area contributed by atoms with Gasteiger partial charge in [-0.05, 0) is 25.1 Å². The van der Waals surface area contributed by atoms with Gasteiger partial charge in [0.25, 0.3) is 11.8 Å². The number of nitrogens with zero attached hydrogens (tertiary/aromatic N) is 1. The predicted octanol–water partition coefficient (Wildman–Crippen LogP) is 1.36. The fraction of sp³-hybridized carbons (Fsp3) is 0.421. The molecule has 0 unspecified atom stereocenters. The zero-order valence-electron chi connectivity index (χ0n) is 15.7. The normalized spacial score (nSPS) is 25.8. The molecular weight excluding hydrogens is 388 g/mol. The summed E-state index contributed by atoms with van der Waals surface area (Å²) in [5.74, 6) is -2.49. The lowest BCUT2D eigenvalue weighted by Crippen LogP contribution is -2.49. The number of nitrogens with one attached hydrogen (secondary N) is 2. The van der Waals surface area contributed by atoms with Crippen molar-refractivity contribution in [1.29, 1.82) is 0 Å². The van der Waals surface area contributed by atoms with Crippen molar-refractivity contribution in [3.05, 3.63) is 48.1 Å². The molecule has 2 N–H and O–H groups in total. The van der Waals surface area contributed by atoms with Crippen molar-refractivity contribution >= 4 is 17.5 Å². The van der Waals surface area contributed by atoms with E-state index in [1.165, 1.54) is 6.08 Å². The third-order valence-electron chi connectivity index (χ3n) is 4.60. The van der Waals surface area contributed by atoms with Gasteiger partial charge in [0.05, 0.1) is 25.0 Å². The summed E-state index contributed by atoms with van der Waals surface area (Å²) >= 11 is 0. The Morgan fingerprint density at radius 1 is 1.38 bits per heavy atom. The van der Waals surface area contributed by atoms with Gasteiger partial charge in [0.2, 0.25) is 5.60 Å². The Morgan fingerprint density at radius 2 is 2.10 bits per heavy atom. The number of hydrogen-bond acceptors (Lipinski definition) is 6. The molecule has 0 bridgehead atoms. The molecular formula is C19H21F2N3O5. The molecule has 29 heavy (non-hydrogen) atoms. The van der Waals surface area contributed by atoms with Crippen molar-refractivity contribution in [2.75, 3.05) is 13.2 Å². The van der Waals surface area contributed by atoms with Gasteiger partial charge in [-0.15, -0.1) is 0 Å². The summed E-state index contributed by atoms with van der Waals surface area (Å²) in [5.41, 5.74) is 1.13. The van der Waals surface area contributed by atoms with Crippen LogP contribution in [-0.2, 0) is 24.0 Å². The van der Waals surface area contributed by atoms with Crippen LogP contribution in [0.3, 0.4) is 0 Å². The van der Waals surface area contributed by atoms with Gasteiger partial charge in [0, 0.05) is 24.5 Å². The van der Waals surface area contributed by atoms with Crippen LogP contribution >= 0.6 is 0 Å². The Labute approximate surface area is 165 Å². The third-order valence-corrected chi connectivity index (χ3v) is 4.60. The van der Waals surface area contributed by atoms with Gasteiger partial charge in [-0.2, -0.15) is 0 Å². The minimum absolute atomic E-state index is 0.0486. The summed E-state index contributed by atoms with van der Waals surface area (Å²) in [7, 11) is 0. The van der Waals surface area contributed by atoms with Crippen LogP contribution in [0.15, 0.2) is 36.0 Å². The average Bonchev–Trinajstić information content (AvgIpc) is 3.33. The minimum atomic E-state index is -1.52. The van der Waals surface area contributed by atoms with Crippen molar-refractivity contribution < 1.29 is 32.8 Å². The van der Waals surface area contributed by atoms with Crippen LogP contribution in [0.25, 0.3) is 0 Å². The van der Waals surface area contributed by atoms with Crippen LogP contribution in [-0.4, -0.2) is 48.5 Å². The van der Waals surface area contributed by atoms with Crippen molar-refractivity contribution in [1.82, 2.24) is 10.8 Å². The lowest BCUT2D eigenvalue weighted by atomic mass is 9.92. The standard InChI is InChI=1S/C19H21F2N3O5/c1-3-19(9-15(23-29-19)11-5-12(20)7-13(21)6-11)18(26)22-14-8-16(27-10-14)17(25)24-28-4-2/h3,5-7,14,16H,1,4,8-10H2,2H3,(H,22,26)(H,24,25)/t14-,16-,19+/m0/s1. The maximum atomic E-state index is 13.5. The van der Waals surface area contributed by atoms with Crippen LogP contribution in [0.1, 0.15) is 25.3 Å².